The summed E-state index contributed by atoms with van der Waals surface area (Å²) in [5.41, 5.74) is 4.01. The van der Waals surface area contributed by atoms with E-state index in [1.807, 2.05) is 0 Å². The summed E-state index contributed by atoms with van der Waals surface area (Å²) in [5.74, 6) is 0. The monoisotopic (exact) mass is 953 g/mol. The Morgan fingerprint density at radius 3 is 0.529 bits per heavy atom. The van der Waals surface area contributed by atoms with E-state index in [-0.39, 0.29) is 39.2 Å². The second-order valence-corrected chi connectivity index (χ2v) is 27.0. The molecular weight excluding hydrogens is 877 g/mol. The molecule has 15 saturated heterocycles. The molecule has 0 aromatic carbocycles. The highest BCUT2D eigenvalue weighted by Crippen LogP contribution is 2.63. The molecule has 378 valence electrons. The maximum atomic E-state index is 5.53. The third kappa shape index (κ3) is 8.33. The fourth-order valence-corrected chi connectivity index (χ4v) is 15.0. The molecule has 22 aliphatic rings. The van der Waals surface area contributed by atoms with Gasteiger partial charge in [0.15, 0.2) is 0 Å². The van der Waals surface area contributed by atoms with Gasteiger partial charge < -0.3 is 71.1 Å². The zero-order valence-electron chi connectivity index (χ0n) is 40.5. The van der Waals surface area contributed by atoms with Gasteiger partial charge >= 0.3 is 0 Å². The number of hydrogen-bond acceptors (Lipinski definition) is 15. The third-order valence-electron chi connectivity index (χ3n) is 21.2. The van der Waals surface area contributed by atoms with Gasteiger partial charge in [0.25, 0.3) is 0 Å². The fourth-order valence-electron chi connectivity index (χ4n) is 15.0. The quantitative estimate of drug-likeness (QED) is 0.277. The minimum atomic E-state index is 0.172. The average Bonchev–Trinajstić information content (AvgIpc) is 4.10. The van der Waals surface area contributed by atoms with E-state index in [9.17, 15) is 0 Å². The van der Waals surface area contributed by atoms with Crippen molar-refractivity contribution in [3.8, 4) is 0 Å². The maximum Gasteiger partial charge on any atom is 0.123 e. The van der Waals surface area contributed by atoms with Crippen LogP contribution >= 0.6 is 0 Å². The number of hydrogen-bond donors (Lipinski definition) is 0. The molecule has 22 rings (SSSR count). The van der Waals surface area contributed by atoms with Gasteiger partial charge in [-0.05, 0) is 89.9 Å². The SMILES string of the molecule is C1CC2(CCC13CO3)CO2.C1CC2(CO2)C2(C1)CO2.C1CC2(CO2)CC12CO2.C1CC2(CO2)CC2(C1)CO2.C1CCC2(CO2)C2(C1)CO2.C1OC12CC1(CO1)C2.C1OC12CC1(CO1)CC1(CO1)C2. The van der Waals surface area contributed by atoms with Gasteiger partial charge in [0, 0.05) is 44.9 Å². The van der Waals surface area contributed by atoms with Crippen molar-refractivity contribution in [1.82, 2.24) is 0 Å². The molecule has 7 aliphatic carbocycles. The smallest absolute Gasteiger partial charge is 0.123 e. The first-order valence-electron chi connectivity index (χ1n) is 27.4. The van der Waals surface area contributed by atoms with Crippen LogP contribution in [0, 0.1) is 0 Å². The van der Waals surface area contributed by atoms with Crippen LogP contribution in [0.25, 0.3) is 0 Å². The van der Waals surface area contributed by atoms with E-state index in [2.05, 4.69) is 0 Å². The van der Waals surface area contributed by atoms with Crippen molar-refractivity contribution in [3.05, 3.63) is 0 Å². The molecule has 0 radical (unpaired) electrons. The predicted octanol–water partition coefficient (Wildman–Crippen LogP) is 5.51. The van der Waals surface area contributed by atoms with Gasteiger partial charge in [0.2, 0.25) is 0 Å². The Bertz CT molecular complexity index is 1820. The van der Waals surface area contributed by atoms with E-state index in [1.165, 1.54) is 128 Å². The van der Waals surface area contributed by atoms with Crippen LogP contribution in [-0.4, -0.2) is 183 Å². The molecule has 15 spiro atoms. The van der Waals surface area contributed by atoms with Gasteiger partial charge in [0.1, 0.15) is 22.4 Å². The number of fused-ring (bicyclic) bond motifs is 2. The molecule has 7 saturated carbocycles. The van der Waals surface area contributed by atoms with Crippen molar-refractivity contribution < 1.29 is 71.1 Å². The first-order valence-corrected chi connectivity index (χ1v) is 27.4. The molecule has 22 fully saturated rings. The van der Waals surface area contributed by atoms with Crippen LogP contribution in [0.4, 0.5) is 0 Å². The van der Waals surface area contributed by atoms with Crippen molar-refractivity contribution >= 4 is 0 Å². The molecular formula is C53H76O15. The number of epoxide rings is 15. The van der Waals surface area contributed by atoms with Crippen LogP contribution in [0.15, 0.2) is 0 Å². The van der Waals surface area contributed by atoms with E-state index < -0.39 is 0 Å². The second-order valence-electron chi connectivity index (χ2n) is 27.0. The summed E-state index contributed by atoms with van der Waals surface area (Å²) in [5, 5.41) is 0. The number of rotatable bonds is 0. The summed E-state index contributed by atoms with van der Waals surface area (Å²) in [4.78, 5) is 0. The fraction of sp³-hybridized carbons (Fsp3) is 1.00. The molecule has 15 nitrogen and oxygen atoms in total. The van der Waals surface area contributed by atoms with E-state index in [0.29, 0.717) is 44.8 Å². The lowest BCUT2D eigenvalue weighted by Gasteiger charge is -2.29. The predicted molar refractivity (Wildman–Crippen MR) is 236 cm³/mol. The molecule has 15 heterocycles. The maximum absolute atomic E-state index is 5.53. The Kier molecular flexibility index (Phi) is 9.01. The van der Waals surface area contributed by atoms with Crippen molar-refractivity contribution in [1.29, 1.82) is 0 Å². The van der Waals surface area contributed by atoms with E-state index >= 15 is 0 Å². The molecule has 0 bridgehead atoms. The van der Waals surface area contributed by atoms with Crippen LogP contribution in [0.3, 0.4) is 0 Å². The van der Waals surface area contributed by atoms with Crippen LogP contribution in [-0.2, 0) is 71.1 Å². The molecule has 15 aliphatic heterocycles. The molecule has 8 atom stereocenters. The number of ether oxygens (including phenoxy) is 15. The largest absolute Gasteiger partial charge is 0.370 e. The van der Waals surface area contributed by atoms with E-state index in [1.54, 1.807) is 0 Å². The van der Waals surface area contributed by atoms with Crippen LogP contribution in [0.5, 0.6) is 0 Å². The van der Waals surface area contributed by atoms with Crippen LogP contribution < -0.4 is 0 Å². The lowest BCUT2D eigenvalue weighted by atomic mass is 9.75. The zero-order chi connectivity index (χ0) is 45.0. The van der Waals surface area contributed by atoms with E-state index in [0.717, 1.165) is 118 Å². The Labute approximate surface area is 400 Å². The third-order valence-corrected chi connectivity index (χ3v) is 21.2. The van der Waals surface area contributed by atoms with Crippen LogP contribution in [0.1, 0.15) is 148 Å². The zero-order valence-corrected chi connectivity index (χ0v) is 40.5. The Balaban J connectivity index is 0.0000000697. The van der Waals surface area contributed by atoms with E-state index in [4.69, 9.17) is 71.1 Å². The summed E-state index contributed by atoms with van der Waals surface area (Å²) in [6.45, 7) is 14.7. The normalized spacial score (nSPS) is 61.1. The van der Waals surface area contributed by atoms with Gasteiger partial charge in [-0.15, -0.1) is 0 Å². The molecule has 68 heavy (non-hydrogen) atoms. The summed E-state index contributed by atoms with van der Waals surface area (Å²) in [6, 6.07) is 0. The molecule has 0 aromatic rings. The van der Waals surface area contributed by atoms with Gasteiger partial charge in [0.05, 0.1) is 161 Å². The summed E-state index contributed by atoms with van der Waals surface area (Å²) in [6.07, 6.45) is 28.3. The lowest BCUT2D eigenvalue weighted by molar-refractivity contribution is 0.0829. The first kappa shape index (κ1) is 43.8. The Morgan fingerprint density at radius 2 is 0.324 bits per heavy atom. The minimum Gasteiger partial charge on any atom is -0.370 e. The van der Waals surface area contributed by atoms with Crippen molar-refractivity contribution in [2.24, 2.45) is 0 Å². The summed E-state index contributed by atoms with van der Waals surface area (Å²) in [7, 11) is 0. The van der Waals surface area contributed by atoms with Gasteiger partial charge in [-0.3, -0.25) is 0 Å². The Hall–Kier alpha value is -0.600. The van der Waals surface area contributed by atoms with Gasteiger partial charge in [-0.25, -0.2) is 0 Å². The van der Waals surface area contributed by atoms with Gasteiger partial charge in [-0.1, -0.05) is 12.8 Å². The highest BCUT2D eigenvalue weighted by molar-refractivity contribution is 5.22. The Morgan fingerprint density at radius 1 is 0.147 bits per heavy atom. The average molecular weight is 953 g/mol. The molecule has 0 N–H and O–H groups in total. The lowest BCUT2D eigenvalue weighted by Crippen LogP contribution is -2.39. The summed E-state index contributed by atoms with van der Waals surface area (Å²) >= 11 is 0. The van der Waals surface area contributed by atoms with Gasteiger partial charge in [-0.2, -0.15) is 0 Å². The van der Waals surface area contributed by atoms with Crippen molar-refractivity contribution in [2.45, 2.75) is 232 Å². The van der Waals surface area contributed by atoms with Crippen molar-refractivity contribution in [3.63, 3.8) is 0 Å². The molecule has 8 unspecified atom stereocenters. The molecule has 0 amide bonds. The standard InChI is InChI=1S/C9H12O3.3C8H12O2.2C7H10O2.C6H8O2/c1-7(4-10-7)2-9(6-12-9)3-8(1)5-11-8;1-2-8(6-10-8)4-3-7(1)5-9-7;1-2-7(5-9-7)4-8(3-1)6-10-8;1-2-4-8(6-10-8)7(3-1)5-9-7;1-2-7(5-9-7)3-6(1)4-8-6;1-2-6(4-8-6)7(3-1)5-9-7;1-5(3-7-5)2-6(1)4-8-6/h1-6H2;3*1-6H2;2*1-5H2;1-4H2. The summed E-state index contributed by atoms with van der Waals surface area (Å²) < 4.78 is 81.2. The molecule has 0 aromatic heterocycles. The molecule has 15 heteroatoms. The highest BCUT2D eigenvalue weighted by Gasteiger charge is 2.74. The highest BCUT2D eigenvalue weighted by atomic mass is 16.7. The minimum absolute atomic E-state index is 0.172. The first-order chi connectivity index (χ1) is 32.8. The second kappa shape index (κ2) is 14.0. The topological polar surface area (TPSA) is 188 Å². The van der Waals surface area contributed by atoms with Crippen LogP contribution in [0.2, 0.25) is 0 Å². The van der Waals surface area contributed by atoms with Crippen molar-refractivity contribution in [2.75, 3.05) is 99.1 Å².